The second-order valence-electron chi connectivity index (χ2n) is 6.11. The minimum atomic E-state index is -0.0478. The largest absolute Gasteiger partial charge is 0.330 e. The molecule has 0 saturated heterocycles. The molecule has 0 bridgehead atoms. The third-order valence-electron chi connectivity index (χ3n) is 4.56. The van der Waals surface area contributed by atoms with E-state index < -0.39 is 0 Å². The summed E-state index contributed by atoms with van der Waals surface area (Å²) in [6, 6.07) is 9.89. The van der Waals surface area contributed by atoms with E-state index in [0.717, 1.165) is 54.2 Å². The first-order chi connectivity index (χ1) is 11.1. The van der Waals surface area contributed by atoms with Crippen LogP contribution in [0.4, 0.5) is 0 Å². The van der Waals surface area contributed by atoms with E-state index >= 15 is 0 Å². The number of benzene rings is 1. The Hall–Kier alpha value is -2.47. The molecule has 0 N–H and O–H groups in total. The van der Waals surface area contributed by atoms with Gasteiger partial charge in [-0.3, -0.25) is 9.69 Å². The Morgan fingerprint density at radius 2 is 2.04 bits per heavy atom. The first-order valence-electron chi connectivity index (χ1n) is 7.80. The predicted octanol–water partition coefficient (Wildman–Crippen LogP) is 1.23. The molecule has 2 aromatic heterocycles. The van der Waals surface area contributed by atoms with E-state index in [0.29, 0.717) is 0 Å². The molecule has 0 amide bonds. The number of hydrogen-bond acceptors (Lipinski definition) is 4. The third-order valence-corrected chi connectivity index (χ3v) is 4.56. The number of aryl methyl sites for hydroxylation is 2. The zero-order chi connectivity index (χ0) is 16.0. The average molecular weight is 309 g/mol. The van der Waals surface area contributed by atoms with E-state index in [-0.39, 0.29) is 5.56 Å². The Kier molecular flexibility index (Phi) is 3.27. The zero-order valence-electron chi connectivity index (χ0n) is 13.4. The molecule has 0 saturated carbocycles. The van der Waals surface area contributed by atoms with E-state index in [1.54, 1.807) is 13.1 Å². The van der Waals surface area contributed by atoms with Gasteiger partial charge in [-0.15, -0.1) is 0 Å². The van der Waals surface area contributed by atoms with Gasteiger partial charge < -0.3 is 4.57 Å². The van der Waals surface area contributed by atoms with Crippen LogP contribution in [0.3, 0.4) is 0 Å². The second kappa shape index (κ2) is 5.31. The summed E-state index contributed by atoms with van der Waals surface area (Å²) in [5.74, 6) is 1.05. The van der Waals surface area contributed by atoms with E-state index in [4.69, 9.17) is 4.98 Å². The van der Waals surface area contributed by atoms with E-state index in [9.17, 15) is 4.79 Å². The molecule has 23 heavy (non-hydrogen) atoms. The lowest BCUT2D eigenvalue weighted by atomic mass is 10.1. The lowest BCUT2D eigenvalue weighted by Crippen LogP contribution is -2.34. The van der Waals surface area contributed by atoms with Gasteiger partial charge in [-0.2, -0.15) is 5.10 Å². The van der Waals surface area contributed by atoms with Gasteiger partial charge in [-0.05, 0) is 17.7 Å². The fourth-order valence-corrected chi connectivity index (χ4v) is 3.22. The van der Waals surface area contributed by atoms with Crippen molar-refractivity contribution in [2.75, 3.05) is 6.54 Å². The van der Waals surface area contributed by atoms with Crippen molar-refractivity contribution in [3.8, 4) is 0 Å². The van der Waals surface area contributed by atoms with Crippen LogP contribution in [0.25, 0.3) is 11.0 Å². The van der Waals surface area contributed by atoms with Crippen molar-refractivity contribution in [3.05, 3.63) is 57.8 Å². The fourth-order valence-electron chi connectivity index (χ4n) is 3.22. The van der Waals surface area contributed by atoms with Crippen LogP contribution >= 0.6 is 0 Å². The number of nitrogens with zero attached hydrogens (tertiary/aromatic N) is 5. The molecule has 3 aromatic rings. The molecule has 0 atom stereocenters. The van der Waals surface area contributed by atoms with Crippen molar-refractivity contribution in [2.45, 2.75) is 19.5 Å². The average Bonchev–Trinajstić information content (AvgIpc) is 2.85. The summed E-state index contributed by atoms with van der Waals surface area (Å²) in [6.07, 6.45) is 0.868. The highest BCUT2D eigenvalue weighted by atomic mass is 16.1. The summed E-state index contributed by atoms with van der Waals surface area (Å²) >= 11 is 0. The quantitative estimate of drug-likeness (QED) is 0.714. The predicted molar refractivity (Wildman–Crippen MR) is 88.0 cm³/mol. The van der Waals surface area contributed by atoms with Gasteiger partial charge in [0.25, 0.3) is 5.56 Å². The molecule has 118 valence electrons. The Labute approximate surface area is 134 Å². The fraction of sp³-hybridized carbons (Fsp3) is 0.353. The molecule has 6 heteroatoms. The van der Waals surface area contributed by atoms with Crippen molar-refractivity contribution in [1.29, 1.82) is 0 Å². The number of fused-ring (bicyclic) bond motifs is 2. The maximum atomic E-state index is 11.8. The Morgan fingerprint density at radius 3 is 2.87 bits per heavy atom. The summed E-state index contributed by atoms with van der Waals surface area (Å²) in [5, 5.41) is 4.36. The van der Waals surface area contributed by atoms with Crippen molar-refractivity contribution < 1.29 is 0 Å². The molecule has 0 spiro atoms. The highest BCUT2D eigenvalue weighted by Gasteiger charge is 2.20. The summed E-state index contributed by atoms with van der Waals surface area (Å²) in [4.78, 5) is 18.9. The number of imidazole rings is 1. The van der Waals surface area contributed by atoms with Crippen LogP contribution in [-0.4, -0.2) is 30.8 Å². The van der Waals surface area contributed by atoms with Crippen molar-refractivity contribution in [1.82, 2.24) is 24.2 Å². The topological polar surface area (TPSA) is 56.0 Å². The monoisotopic (exact) mass is 309 g/mol. The number of para-hydroxylation sites is 2. The van der Waals surface area contributed by atoms with Crippen LogP contribution in [0.15, 0.2) is 35.1 Å². The smallest absolute Gasteiger partial charge is 0.266 e. The van der Waals surface area contributed by atoms with Crippen LogP contribution in [0, 0.1) is 0 Å². The van der Waals surface area contributed by atoms with Gasteiger partial charge in [0.05, 0.1) is 23.3 Å². The van der Waals surface area contributed by atoms with E-state index in [1.807, 2.05) is 18.2 Å². The van der Waals surface area contributed by atoms with Crippen molar-refractivity contribution in [2.24, 2.45) is 14.1 Å². The van der Waals surface area contributed by atoms with Crippen LogP contribution < -0.4 is 5.56 Å². The highest BCUT2D eigenvalue weighted by molar-refractivity contribution is 5.75. The molecule has 0 fully saturated rings. The lowest BCUT2D eigenvalue weighted by Gasteiger charge is -2.27. The van der Waals surface area contributed by atoms with Gasteiger partial charge in [0.2, 0.25) is 0 Å². The first-order valence-corrected chi connectivity index (χ1v) is 7.80. The van der Waals surface area contributed by atoms with Gasteiger partial charge in [-0.25, -0.2) is 9.67 Å². The molecule has 0 unspecified atom stereocenters. The molecular weight excluding hydrogens is 290 g/mol. The summed E-state index contributed by atoms with van der Waals surface area (Å²) in [7, 11) is 3.76. The standard InChI is InChI=1S/C17H19N5O/c1-20-15-6-4-3-5-14(15)18-16(20)11-22-8-7-13-12(10-22)9-17(23)21(2)19-13/h3-6,9H,7-8,10-11H2,1-2H3. The van der Waals surface area contributed by atoms with E-state index in [1.165, 1.54) is 4.68 Å². The maximum Gasteiger partial charge on any atom is 0.266 e. The number of hydrogen-bond donors (Lipinski definition) is 0. The molecular formula is C17H19N5O. The molecule has 0 aliphatic carbocycles. The van der Waals surface area contributed by atoms with Crippen LogP contribution in [-0.2, 0) is 33.6 Å². The maximum absolute atomic E-state index is 11.8. The highest BCUT2D eigenvalue weighted by Crippen LogP contribution is 2.19. The second-order valence-corrected chi connectivity index (χ2v) is 6.11. The molecule has 6 nitrogen and oxygen atoms in total. The molecule has 1 aliphatic heterocycles. The van der Waals surface area contributed by atoms with Gasteiger partial charge in [-0.1, -0.05) is 12.1 Å². The summed E-state index contributed by atoms with van der Waals surface area (Å²) < 4.78 is 3.56. The van der Waals surface area contributed by atoms with Crippen molar-refractivity contribution >= 4 is 11.0 Å². The van der Waals surface area contributed by atoms with Crippen LogP contribution in [0.5, 0.6) is 0 Å². The Morgan fingerprint density at radius 1 is 1.22 bits per heavy atom. The third kappa shape index (κ3) is 2.45. The van der Waals surface area contributed by atoms with Gasteiger partial charge >= 0.3 is 0 Å². The van der Waals surface area contributed by atoms with Gasteiger partial charge in [0.15, 0.2) is 0 Å². The van der Waals surface area contributed by atoms with Gasteiger partial charge in [0, 0.05) is 39.7 Å². The number of aromatic nitrogens is 4. The zero-order valence-corrected chi connectivity index (χ0v) is 13.4. The molecule has 3 heterocycles. The Balaban J connectivity index is 1.61. The molecule has 0 radical (unpaired) electrons. The summed E-state index contributed by atoms with van der Waals surface area (Å²) in [5.41, 5.74) is 4.20. The molecule has 1 aliphatic rings. The number of rotatable bonds is 2. The van der Waals surface area contributed by atoms with Crippen LogP contribution in [0.2, 0.25) is 0 Å². The van der Waals surface area contributed by atoms with Crippen LogP contribution in [0.1, 0.15) is 17.1 Å². The van der Waals surface area contributed by atoms with E-state index in [2.05, 4.69) is 27.7 Å². The van der Waals surface area contributed by atoms with Crippen molar-refractivity contribution in [3.63, 3.8) is 0 Å². The minimum absolute atomic E-state index is 0.0478. The normalized spacial score (nSPS) is 15.0. The molecule has 4 rings (SSSR count). The lowest BCUT2D eigenvalue weighted by molar-refractivity contribution is 0.233. The Bertz CT molecular complexity index is 940. The van der Waals surface area contributed by atoms with Gasteiger partial charge in [0.1, 0.15) is 5.82 Å². The SMILES string of the molecule is Cn1nc2c(cc1=O)CN(Cc1nc3ccccc3n1C)CC2. The molecule has 1 aromatic carbocycles. The first kappa shape index (κ1) is 14.1. The summed E-state index contributed by atoms with van der Waals surface area (Å²) in [6.45, 7) is 2.46. The minimum Gasteiger partial charge on any atom is -0.330 e.